The van der Waals surface area contributed by atoms with Crippen LogP contribution in [0.15, 0.2) is 60.5 Å². The van der Waals surface area contributed by atoms with E-state index in [2.05, 4.69) is 22.1 Å². The zero-order chi connectivity index (χ0) is 19.3. The molecule has 0 unspecified atom stereocenters. The van der Waals surface area contributed by atoms with Gasteiger partial charge in [-0.3, -0.25) is 5.41 Å². The average Bonchev–Trinajstić information content (AvgIpc) is 3.35. The molecule has 0 spiro atoms. The SMILES string of the molecule is Cn1c(C2=C(O)CN(CCc3c[nH]c4ccccc34)C2=N)nc2ccccc21. The lowest BCUT2D eigenvalue weighted by Crippen LogP contribution is -2.29. The standard InChI is InChI=1S/C22H21N5O/c1-26-18-9-5-4-8-17(18)25-22(26)20-19(28)13-27(21(20)23)11-10-14-12-24-16-7-3-2-6-15(14)16/h2-9,12,23-24,28H,10-11,13H2,1H3. The van der Waals surface area contributed by atoms with Gasteiger partial charge < -0.3 is 19.6 Å². The van der Waals surface area contributed by atoms with Crippen LogP contribution in [-0.4, -0.2) is 43.5 Å². The first-order chi connectivity index (χ1) is 13.6. The van der Waals surface area contributed by atoms with Gasteiger partial charge in [0.05, 0.1) is 23.2 Å². The minimum Gasteiger partial charge on any atom is -0.510 e. The molecule has 0 bridgehead atoms. The lowest BCUT2D eigenvalue weighted by atomic mass is 10.1. The fraction of sp³-hybridized carbons (Fsp3) is 0.182. The van der Waals surface area contributed by atoms with Crippen molar-refractivity contribution >= 4 is 33.3 Å². The van der Waals surface area contributed by atoms with Crippen molar-refractivity contribution in [3.05, 3.63) is 71.9 Å². The van der Waals surface area contributed by atoms with Crippen LogP contribution in [0.1, 0.15) is 11.4 Å². The minimum atomic E-state index is 0.210. The Hall–Kier alpha value is -3.54. The van der Waals surface area contributed by atoms with E-state index in [-0.39, 0.29) is 5.76 Å². The molecule has 0 fully saturated rings. The van der Waals surface area contributed by atoms with Gasteiger partial charge in [0.2, 0.25) is 0 Å². The average molecular weight is 371 g/mol. The Kier molecular flexibility index (Phi) is 3.72. The highest BCUT2D eigenvalue weighted by Crippen LogP contribution is 2.29. The second kappa shape index (κ2) is 6.27. The van der Waals surface area contributed by atoms with Crippen molar-refractivity contribution in [2.45, 2.75) is 6.42 Å². The van der Waals surface area contributed by atoms with Crippen LogP contribution in [0, 0.1) is 5.41 Å². The van der Waals surface area contributed by atoms with Gasteiger partial charge in [0.25, 0.3) is 0 Å². The quantitative estimate of drug-likeness (QED) is 0.509. The summed E-state index contributed by atoms with van der Waals surface area (Å²) >= 11 is 0. The van der Waals surface area contributed by atoms with Crippen molar-refractivity contribution in [3.8, 4) is 0 Å². The number of aromatic nitrogens is 3. The molecule has 1 aliphatic rings. The summed E-state index contributed by atoms with van der Waals surface area (Å²) in [5.74, 6) is 1.18. The van der Waals surface area contributed by atoms with Gasteiger partial charge in [0.1, 0.15) is 17.4 Å². The first-order valence-electron chi connectivity index (χ1n) is 9.36. The summed E-state index contributed by atoms with van der Waals surface area (Å²) in [4.78, 5) is 9.86. The van der Waals surface area contributed by atoms with Crippen molar-refractivity contribution in [1.29, 1.82) is 5.41 Å². The molecule has 0 radical (unpaired) electrons. The van der Waals surface area contributed by atoms with E-state index < -0.39 is 0 Å². The van der Waals surface area contributed by atoms with Crippen LogP contribution in [0.3, 0.4) is 0 Å². The number of imidazole rings is 1. The van der Waals surface area contributed by atoms with E-state index in [0.29, 0.717) is 30.3 Å². The van der Waals surface area contributed by atoms with Crippen molar-refractivity contribution in [1.82, 2.24) is 19.4 Å². The van der Waals surface area contributed by atoms with E-state index in [1.807, 2.05) is 59.1 Å². The number of fused-ring (bicyclic) bond motifs is 2. The molecule has 28 heavy (non-hydrogen) atoms. The Morgan fingerprint density at radius 2 is 1.93 bits per heavy atom. The van der Waals surface area contributed by atoms with Crippen LogP contribution in [-0.2, 0) is 13.5 Å². The highest BCUT2D eigenvalue weighted by atomic mass is 16.3. The Bertz CT molecular complexity index is 1250. The molecular formula is C22H21N5O. The van der Waals surface area contributed by atoms with Gasteiger partial charge in [-0.1, -0.05) is 30.3 Å². The molecule has 6 nitrogen and oxygen atoms in total. The smallest absolute Gasteiger partial charge is 0.148 e. The van der Waals surface area contributed by atoms with Crippen LogP contribution in [0.25, 0.3) is 27.5 Å². The maximum Gasteiger partial charge on any atom is 0.148 e. The number of rotatable bonds is 4. The third-order valence-corrected chi connectivity index (χ3v) is 5.52. The molecule has 3 heterocycles. The lowest BCUT2D eigenvalue weighted by Gasteiger charge is -2.18. The summed E-state index contributed by atoms with van der Waals surface area (Å²) in [6.07, 6.45) is 2.83. The molecule has 4 aromatic rings. The van der Waals surface area contributed by atoms with E-state index in [4.69, 9.17) is 5.41 Å². The van der Waals surface area contributed by atoms with Gasteiger partial charge >= 0.3 is 0 Å². The number of aryl methyl sites for hydroxylation is 1. The van der Waals surface area contributed by atoms with Crippen LogP contribution in [0.4, 0.5) is 0 Å². The Balaban J connectivity index is 1.40. The van der Waals surface area contributed by atoms with Crippen LogP contribution in [0.2, 0.25) is 0 Å². The van der Waals surface area contributed by atoms with Crippen molar-refractivity contribution in [2.75, 3.05) is 13.1 Å². The second-order valence-electron chi connectivity index (χ2n) is 7.18. The Morgan fingerprint density at radius 3 is 2.79 bits per heavy atom. The summed E-state index contributed by atoms with van der Waals surface area (Å²) in [7, 11) is 1.92. The first kappa shape index (κ1) is 16.6. The predicted octanol–water partition coefficient (Wildman–Crippen LogP) is 3.86. The fourth-order valence-corrected chi connectivity index (χ4v) is 4.02. The van der Waals surface area contributed by atoms with Crippen molar-refractivity contribution in [3.63, 3.8) is 0 Å². The summed E-state index contributed by atoms with van der Waals surface area (Å²) < 4.78 is 1.94. The minimum absolute atomic E-state index is 0.210. The van der Waals surface area contributed by atoms with E-state index in [0.717, 1.165) is 23.0 Å². The number of H-pyrrole nitrogens is 1. The Labute approximate surface area is 162 Å². The molecule has 6 heteroatoms. The summed E-state index contributed by atoms with van der Waals surface area (Å²) in [5, 5.41) is 20.4. The number of hydrogen-bond donors (Lipinski definition) is 3. The molecule has 0 atom stereocenters. The predicted molar refractivity (Wildman–Crippen MR) is 112 cm³/mol. The molecule has 0 amide bonds. The number of hydrogen-bond acceptors (Lipinski definition) is 3. The molecule has 2 aromatic carbocycles. The molecule has 5 rings (SSSR count). The topological polar surface area (TPSA) is 80.9 Å². The third-order valence-electron chi connectivity index (χ3n) is 5.52. The van der Waals surface area contributed by atoms with Gasteiger partial charge in [-0.15, -0.1) is 0 Å². The van der Waals surface area contributed by atoms with E-state index in [1.165, 1.54) is 10.9 Å². The maximum atomic E-state index is 10.6. The molecule has 140 valence electrons. The number of aromatic amines is 1. The van der Waals surface area contributed by atoms with Gasteiger partial charge in [-0.25, -0.2) is 4.98 Å². The highest BCUT2D eigenvalue weighted by molar-refractivity contribution is 6.23. The maximum absolute atomic E-state index is 10.6. The highest BCUT2D eigenvalue weighted by Gasteiger charge is 2.31. The Morgan fingerprint density at radius 1 is 1.14 bits per heavy atom. The molecule has 3 N–H and O–H groups in total. The first-order valence-corrected chi connectivity index (χ1v) is 9.36. The fourth-order valence-electron chi connectivity index (χ4n) is 4.02. The largest absolute Gasteiger partial charge is 0.510 e. The van der Waals surface area contributed by atoms with Crippen LogP contribution in [0.5, 0.6) is 0 Å². The van der Waals surface area contributed by atoms with Crippen molar-refractivity contribution < 1.29 is 5.11 Å². The number of aliphatic hydroxyl groups excluding tert-OH is 1. The summed E-state index contributed by atoms with van der Waals surface area (Å²) in [5.41, 5.74) is 4.72. The molecule has 0 aliphatic carbocycles. The van der Waals surface area contributed by atoms with Gasteiger partial charge in [-0.05, 0) is 30.2 Å². The van der Waals surface area contributed by atoms with Gasteiger partial charge in [0, 0.05) is 30.7 Å². The summed E-state index contributed by atoms with van der Waals surface area (Å²) in [6.45, 7) is 1.01. The van der Waals surface area contributed by atoms with Gasteiger partial charge in [-0.2, -0.15) is 0 Å². The number of aliphatic hydroxyl groups is 1. The van der Waals surface area contributed by atoms with E-state index >= 15 is 0 Å². The molecule has 1 aliphatic heterocycles. The van der Waals surface area contributed by atoms with E-state index in [1.54, 1.807) is 0 Å². The molecule has 0 saturated carbocycles. The van der Waals surface area contributed by atoms with E-state index in [9.17, 15) is 5.11 Å². The monoisotopic (exact) mass is 371 g/mol. The number of para-hydroxylation sites is 3. The third kappa shape index (κ3) is 2.49. The molecule has 0 saturated heterocycles. The second-order valence-corrected chi connectivity index (χ2v) is 7.18. The molecular weight excluding hydrogens is 350 g/mol. The zero-order valence-corrected chi connectivity index (χ0v) is 15.6. The number of nitrogens with zero attached hydrogens (tertiary/aromatic N) is 3. The molecule has 2 aromatic heterocycles. The van der Waals surface area contributed by atoms with Crippen LogP contribution >= 0.6 is 0 Å². The number of amidine groups is 1. The number of benzene rings is 2. The lowest BCUT2D eigenvalue weighted by molar-refractivity contribution is 0.351. The number of nitrogens with one attached hydrogen (secondary N) is 2. The summed E-state index contributed by atoms with van der Waals surface area (Å²) in [6, 6.07) is 16.1. The van der Waals surface area contributed by atoms with Crippen molar-refractivity contribution in [2.24, 2.45) is 7.05 Å². The normalized spacial score (nSPS) is 14.8. The zero-order valence-electron chi connectivity index (χ0n) is 15.6. The van der Waals surface area contributed by atoms with Gasteiger partial charge in [0.15, 0.2) is 0 Å². The van der Waals surface area contributed by atoms with Crippen LogP contribution < -0.4 is 0 Å².